The Balaban J connectivity index is 1.92. The van der Waals surface area contributed by atoms with Crippen molar-refractivity contribution in [1.82, 2.24) is 4.90 Å². The third-order valence-electron chi connectivity index (χ3n) is 5.42. The van der Waals surface area contributed by atoms with E-state index in [1.807, 2.05) is 37.3 Å². The molecule has 2 heterocycles. The van der Waals surface area contributed by atoms with Crippen LogP contribution in [0, 0.1) is 5.92 Å². The first kappa shape index (κ1) is 21.6. The Bertz CT molecular complexity index is 683. The van der Waals surface area contributed by atoms with Crippen molar-refractivity contribution >= 4 is 5.91 Å². The number of carbonyl (C=O) groups excluding carboxylic acids is 1. The molecular formula is C22H31NO6. The van der Waals surface area contributed by atoms with E-state index in [0.29, 0.717) is 45.1 Å². The van der Waals surface area contributed by atoms with Crippen molar-refractivity contribution < 1.29 is 28.8 Å². The van der Waals surface area contributed by atoms with Crippen LogP contribution in [0.25, 0.3) is 0 Å². The van der Waals surface area contributed by atoms with E-state index >= 15 is 0 Å². The van der Waals surface area contributed by atoms with Crippen LogP contribution in [0.1, 0.15) is 31.2 Å². The summed E-state index contributed by atoms with van der Waals surface area (Å²) in [6.45, 7) is 4.68. The van der Waals surface area contributed by atoms with Crippen molar-refractivity contribution in [1.29, 1.82) is 0 Å². The van der Waals surface area contributed by atoms with Gasteiger partial charge in [-0.15, -0.1) is 0 Å². The number of allylic oxidation sites excluding steroid dienone is 1. The number of benzene rings is 1. The van der Waals surface area contributed by atoms with E-state index in [1.165, 1.54) is 0 Å². The first-order valence-corrected chi connectivity index (χ1v) is 10.3. The fraction of sp³-hybridized carbons (Fsp3) is 0.591. The molecule has 0 radical (unpaired) electrons. The molecule has 29 heavy (non-hydrogen) atoms. The molecule has 0 bridgehead atoms. The van der Waals surface area contributed by atoms with Gasteiger partial charge in [-0.2, -0.15) is 0 Å². The van der Waals surface area contributed by atoms with Crippen LogP contribution in [0.2, 0.25) is 0 Å². The van der Waals surface area contributed by atoms with Gasteiger partial charge in [0.05, 0.1) is 20.3 Å². The average Bonchev–Trinajstić information content (AvgIpc) is 2.78. The van der Waals surface area contributed by atoms with Crippen molar-refractivity contribution in [2.24, 2.45) is 5.92 Å². The van der Waals surface area contributed by atoms with E-state index in [4.69, 9.17) is 18.9 Å². The second kappa shape index (κ2) is 10.6. The molecule has 1 aromatic carbocycles. The van der Waals surface area contributed by atoms with Crippen LogP contribution in [-0.2, 0) is 19.0 Å². The zero-order valence-corrected chi connectivity index (χ0v) is 17.2. The Kier molecular flexibility index (Phi) is 7.91. The first-order valence-electron chi connectivity index (χ1n) is 10.3. The van der Waals surface area contributed by atoms with E-state index in [0.717, 1.165) is 17.7 Å². The maximum absolute atomic E-state index is 13.1. The number of carbonyl (C=O) groups is 1. The maximum atomic E-state index is 13.1. The molecule has 0 spiro atoms. The smallest absolute Gasteiger partial charge is 0.288 e. The van der Waals surface area contributed by atoms with Gasteiger partial charge in [-0.25, -0.2) is 0 Å². The van der Waals surface area contributed by atoms with Gasteiger partial charge in [0, 0.05) is 38.1 Å². The SMILES string of the molecule is CCO[C@H]1OC(C(=O)N2CCOCC2)=C[C@@H](c2ccc(OC)cc2)[C@H]1CCCO. The highest BCUT2D eigenvalue weighted by Gasteiger charge is 2.39. The zero-order chi connectivity index (χ0) is 20.6. The molecule has 1 amide bonds. The minimum absolute atomic E-state index is 0.00302. The molecule has 1 N–H and O–H groups in total. The lowest BCUT2D eigenvalue weighted by Gasteiger charge is -2.38. The molecule has 160 valence electrons. The Labute approximate surface area is 172 Å². The lowest BCUT2D eigenvalue weighted by Crippen LogP contribution is -2.44. The molecule has 0 aromatic heterocycles. The van der Waals surface area contributed by atoms with Gasteiger partial charge in [0.25, 0.3) is 5.91 Å². The summed E-state index contributed by atoms with van der Waals surface area (Å²) in [5.74, 6) is 0.917. The molecule has 3 atom stereocenters. The number of ether oxygens (including phenoxy) is 4. The molecule has 0 saturated carbocycles. The van der Waals surface area contributed by atoms with Gasteiger partial charge in [0.1, 0.15) is 5.75 Å². The van der Waals surface area contributed by atoms with Crippen LogP contribution in [0.15, 0.2) is 36.1 Å². The highest BCUT2D eigenvalue weighted by molar-refractivity contribution is 5.92. The number of methoxy groups -OCH3 is 1. The summed E-state index contributed by atoms with van der Waals surface area (Å²) in [6, 6.07) is 7.86. The van der Waals surface area contributed by atoms with Gasteiger partial charge in [0.2, 0.25) is 6.29 Å². The second-order valence-electron chi connectivity index (χ2n) is 7.21. The van der Waals surface area contributed by atoms with Crippen LogP contribution in [0.4, 0.5) is 0 Å². The van der Waals surface area contributed by atoms with E-state index in [-0.39, 0.29) is 24.3 Å². The van der Waals surface area contributed by atoms with Gasteiger partial charge in [-0.1, -0.05) is 12.1 Å². The fourth-order valence-electron chi connectivity index (χ4n) is 3.89. The quantitative estimate of drug-likeness (QED) is 0.715. The number of aliphatic hydroxyl groups excluding tert-OH is 1. The molecule has 0 aliphatic carbocycles. The number of nitrogens with zero attached hydrogens (tertiary/aromatic N) is 1. The lowest BCUT2D eigenvalue weighted by atomic mass is 9.80. The minimum Gasteiger partial charge on any atom is -0.497 e. The Morgan fingerprint density at radius 2 is 1.97 bits per heavy atom. The van der Waals surface area contributed by atoms with Crippen LogP contribution in [-0.4, -0.2) is 68.8 Å². The second-order valence-corrected chi connectivity index (χ2v) is 7.21. The number of rotatable bonds is 8. The van der Waals surface area contributed by atoms with Crippen LogP contribution in [0.3, 0.4) is 0 Å². The van der Waals surface area contributed by atoms with E-state index in [9.17, 15) is 9.90 Å². The summed E-state index contributed by atoms with van der Waals surface area (Å²) in [7, 11) is 1.64. The predicted molar refractivity (Wildman–Crippen MR) is 108 cm³/mol. The first-order chi connectivity index (χ1) is 14.2. The number of hydrogen-bond donors (Lipinski definition) is 1. The van der Waals surface area contributed by atoms with Crippen LogP contribution < -0.4 is 4.74 Å². The van der Waals surface area contributed by atoms with Gasteiger partial charge in [-0.05, 0) is 43.5 Å². The largest absolute Gasteiger partial charge is 0.497 e. The Morgan fingerprint density at radius 3 is 2.59 bits per heavy atom. The summed E-state index contributed by atoms with van der Waals surface area (Å²) in [4.78, 5) is 14.8. The third-order valence-corrected chi connectivity index (χ3v) is 5.42. The number of amides is 1. The van der Waals surface area contributed by atoms with E-state index in [2.05, 4.69) is 0 Å². The molecule has 1 aromatic rings. The number of hydrogen-bond acceptors (Lipinski definition) is 6. The predicted octanol–water partition coefficient (Wildman–Crippen LogP) is 2.30. The lowest BCUT2D eigenvalue weighted by molar-refractivity contribution is -0.171. The molecule has 7 nitrogen and oxygen atoms in total. The summed E-state index contributed by atoms with van der Waals surface area (Å²) in [6.07, 6.45) is 2.75. The minimum atomic E-state index is -0.538. The number of aliphatic hydroxyl groups is 1. The fourth-order valence-corrected chi connectivity index (χ4v) is 3.89. The van der Waals surface area contributed by atoms with Gasteiger partial charge in [0.15, 0.2) is 5.76 Å². The molecule has 0 unspecified atom stereocenters. The van der Waals surface area contributed by atoms with Crippen molar-refractivity contribution in [2.75, 3.05) is 46.6 Å². The van der Waals surface area contributed by atoms with Crippen molar-refractivity contribution in [3.8, 4) is 5.75 Å². The summed E-state index contributed by atoms with van der Waals surface area (Å²) >= 11 is 0. The highest BCUT2D eigenvalue weighted by atomic mass is 16.7. The molecule has 2 aliphatic heterocycles. The van der Waals surface area contributed by atoms with E-state index < -0.39 is 6.29 Å². The Morgan fingerprint density at radius 1 is 1.24 bits per heavy atom. The summed E-state index contributed by atoms with van der Waals surface area (Å²) in [5.41, 5.74) is 1.06. The molecule has 3 rings (SSSR count). The van der Waals surface area contributed by atoms with Gasteiger partial charge >= 0.3 is 0 Å². The topological polar surface area (TPSA) is 77.5 Å². The maximum Gasteiger partial charge on any atom is 0.288 e. The van der Waals surface area contributed by atoms with Crippen molar-refractivity contribution in [3.63, 3.8) is 0 Å². The van der Waals surface area contributed by atoms with Gasteiger partial charge < -0.3 is 29.0 Å². The third kappa shape index (κ3) is 5.29. The number of morpholine rings is 1. The molecule has 2 aliphatic rings. The average molecular weight is 405 g/mol. The molecule has 7 heteroatoms. The Hall–Kier alpha value is -2.09. The molecule has 1 fully saturated rings. The zero-order valence-electron chi connectivity index (χ0n) is 17.2. The summed E-state index contributed by atoms with van der Waals surface area (Å²) < 4.78 is 22.6. The standard InChI is InChI=1S/C22H31NO6/c1-3-28-22-18(5-4-12-24)19(16-6-8-17(26-2)9-7-16)15-20(29-22)21(25)23-10-13-27-14-11-23/h6-9,15,18-19,22,24H,3-5,10-14H2,1-2H3/t18-,19+,22+/m1/s1. The van der Waals surface area contributed by atoms with Crippen LogP contribution in [0.5, 0.6) is 5.75 Å². The van der Waals surface area contributed by atoms with E-state index in [1.54, 1.807) is 12.0 Å². The van der Waals surface area contributed by atoms with Gasteiger partial charge in [-0.3, -0.25) is 4.79 Å². The molecule has 1 saturated heterocycles. The van der Waals surface area contributed by atoms with Crippen molar-refractivity contribution in [3.05, 3.63) is 41.7 Å². The normalized spacial score (nSPS) is 24.6. The highest BCUT2D eigenvalue weighted by Crippen LogP contribution is 2.40. The summed E-state index contributed by atoms with van der Waals surface area (Å²) in [5, 5.41) is 9.36. The van der Waals surface area contributed by atoms with Crippen molar-refractivity contribution in [2.45, 2.75) is 32.0 Å². The monoisotopic (exact) mass is 405 g/mol. The molecular weight excluding hydrogens is 374 g/mol. The van der Waals surface area contributed by atoms with Crippen LogP contribution >= 0.6 is 0 Å².